The highest BCUT2D eigenvalue weighted by atomic mass is 16.4. The first-order chi connectivity index (χ1) is 7.99. The lowest BCUT2D eigenvalue weighted by Gasteiger charge is -2.09. The van der Waals surface area contributed by atoms with Crippen molar-refractivity contribution >= 4 is 17.1 Å². The summed E-state index contributed by atoms with van der Waals surface area (Å²) in [5.41, 5.74) is 0.730. The smallest absolute Gasteiger partial charge is 0.407 e. The summed E-state index contributed by atoms with van der Waals surface area (Å²) in [4.78, 5) is 30.5. The maximum absolute atomic E-state index is 11.7. The van der Waals surface area contributed by atoms with Gasteiger partial charge in [0, 0.05) is 20.3 Å². The van der Waals surface area contributed by atoms with Gasteiger partial charge in [0.05, 0.1) is 12.1 Å². The van der Waals surface area contributed by atoms with Gasteiger partial charge < -0.3 is 19.6 Å². The molecule has 0 atom stereocenters. The zero-order chi connectivity index (χ0) is 12.6. The second-order valence-corrected chi connectivity index (χ2v) is 3.82. The first kappa shape index (κ1) is 11.2. The minimum Gasteiger partial charge on any atom is -0.465 e. The third-order valence-electron chi connectivity index (χ3n) is 2.48. The summed E-state index contributed by atoms with van der Waals surface area (Å²) in [6, 6.07) is 1.73. The van der Waals surface area contributed by atoms with Crippen LogP contribution in [0, 0.1) is 0 Å². The van der Waals surface area contributed by atoms with Crippen molar-refractivity contribution in [3.63, 3.8) is 0 Å². The summed E-state index contributed by atoms with van der Waals surface area (Å²) in [7, 11) is 3.08. The number of aromatic nitrogens is 3. The highest BCUT2D eigenvalue weighted by Gasteiger charge is 2.11. The van der Waals surface area contributed by atoms with E-state index >= 15 is 0 Å². The maximum atomic E-state index is 11.7. The van der Waals surface area contributed by atoms with Crippen LogP contribution in [-0.2, 0) is 13.6 Å². The molecule has 0 saturated heterocycles. The average Bonchev–Trinajstić information content (AvgIpc) is 2.67. The molecule has 0 fully saturated rings. The van der Waals surface area contributed by atoms with Crippen molar-refractivity contribution in [2.24, 2.45) is 7.05 Å². The van der Waals surface area contributed by atoms with E-state index in [-0.39, 0.29) is 12.1 Å². The summed E-state index contributed by atoms with van der Waals surface area (Å²) < 4.78 is 1.42. The van der Waals surface area contributed by atoms with Gasteiger partial charge in [0.15, 0.2) is 5.52 Å². The molecule has 0 saturated carbocycles. The monoisotopic (exact) mass is 236 g/mol. The molecule has 1 amide bonds. The molecule has 2 heterocycles. The van der Waals surface area contributed by atoms with E-state index in [1.807, 2.05) is 0 Å². The lowest BCUT2D eigenvalue weighted by atomic mass is 10.4. The SMILES string of the molecule is CN(Cc1nc2c(=O)n(C)ccc2[nH]1)C(=O)O. The molecule has 7 heteroatoms. The van der Waals surface area contributed by atoms with E-state index in [2.05, 4.69) is 9.97 Å². The van der Waals surface area contributed by atoms with Crippen LogP contribution in [0.2, 0.25) is 0 Å². The number of nitrogens with zero attached hydrogens (tertiary/aromatic N) is 3. The van der Waals surface area contributed by atoms with Crippen LogP contribution in [0.4, 0.5) is 4.79 Å². The maximum Gasteiger partial charge on any atom is 0.407 e. The fourth-order valence-electron chi connectivity index (χ4n) is 1.51. The molecule has 7 nitrogen and oxygen atoms in total. The Morgan fingerprint density at radius 1 is 1.65 bits per heavy atom. The van der Waals surface area contributed by atoms with Gasteiger partial charge in [-0.15, -0.1) is 0 Å². The van der Waals surface area contributed by atoms with Gasteiger partial charge in [0.1, 0.15) is 5.82 Å². The second-order valence-electron chi connectivity index (χ2n) is 3.82. The average molecular weight is 236 g/mol. The van der Waals surface area contributed by atoms with Crippen molar-refractivity contribution in [1.29, 1.82) is 0 Å². The Balaban J connectivity index is 2.42. The molecule has 2 N–H and O–H groups in total. The largest absolute Gasteiger partial charge is 0.465 e. The molecule has 0 aliphatic rings. The van der Waals surface area contributed by atoms with Gasteiger partial charge in [-0.1, -0.05) is 0 Å². The Labute approximate surface area is 96.3 Å². The van der Waals surface area contributed by atoms with E-state index < -0.39 is 6.09 Å². The minimum atomic E-state index is -1.04. The number of amides is 1. The number of imidazole rings is 1. The topological polar surface area (TPSA) is 91.2 Å². The van der Waals surface area contributed by atoms with Crippen molar-refractivity contribution in [3.8, 4) is 0 Å². The zero-order valence-corrected chi connectivity index (χ0v) is 9.47. The minimum absolute atomic E-state index is 0.118. The van der Waals surface area contributed by atoms with Gasteiger partial charge in [-0.2, -0.15) is 0 Å². The Morgan fingerprint density at radius 2 is 2.35 bits per heavy atom. The quantitative estimate of drug-likeness (QED) is 0.788. The van der Waals surface area contributed by atoms with Gasteiger partial charge in [0.2, 0.25) is 0 Å². The van der Waals surface area contributed by atoms with E-state index in [9.17, 15) is 9.59 Å². The van der Waals surface area contributed by atoms with Crippen molar-refractivity contribution < 1.29 is 9.90 Å². The van der Waals surface area contributed by atoms with Crippen LogP contribution in [0.25, 0.3) is 11.0 Å². The third kappa shape index (κ3) is 1.99. The number of hydrogen-bond acceptors (Lipinski definition) is 3. The van der Waals surface area contributed by atoms with E-state index in [0.717, 1.165) is 4.90 Å². The van der Waals surface area contributed by atoms with Crippen molar-refractivity contribution in [3.05, 3.63) is 28.4 Å². The molecule has 17 heavy (non-hydrogen) atoms. The van der Waals surface area contributed by atoms with Crippen LogP contribution in [0.3, 0.4) is 0 Å². The third-order valence-corrected chi connectivity index (χ3v) is 2.48. The van der Waals surface area contributed by atoms with Crippen LogP contribution in [0.5, 0.6) is 0 Å². The number of nitrogens with one attached hydrogen (secondary N) is 1. The van der Waals surface area contributed by atoms with Crippen LogP contribution in [0.15, 0.2) is 17.1 Å². The van der Waals surface area contributed by atoms with Gasteiger partial charge in [-0.25, -0.2) is 9.78 Å². The lowest BCUT2D eigenvalue weighted by Crippen LogP contribution is -2.24. The predicted molar refractivity (Wildman–Crippen MR) is 60.8 cm³/mol. The summed E-state index contributed by atoms with van der Waals surface area (Å²) in [6.07, 6.45) is 0.589. The van der Waals surface area contributed by atoms with Crippen molar-refractivity contribution in [2.75, 3.05) is 7.05 Å². The summed E-state index contributed by atoms with van der Waals surface area (Å²) >= 11 is 0. The fraction of sp³-hybridized carbons (Fsp3) is 0.300. The zero-order valence-electron chi connectivity index (χ0n) is 9.47. The number of carbonyl (C=O) groups is 1. The molecule has 0 aliphatic heterocycles. The number of H-pyrrole nitrogens is 1. The molecule has 2 aromatic rings. The molecule has 90 valence electrons. The van der Waals surface area contributed by atoms with E-state index in [0.29, 0.717) is 16.9 Å². The lowest BCUT2D eigenvalue weighted by molar-refractivity contribution is 0.153. The highest BCUT2D eigenvalue weighted by Crippen LogP contribution is 2.07. The first-order valence-electron chi connectivity index (χ1n) is 4.97. The number of carboxylic acid groups (broad SMARTS) is 1. The number of rotatable bonds is 2. The number of fused-ring (bicyclic) bond motifs is 1. The Kier molecular flexibility index (Phi) is 2.58. The van der Waals surface area contributed by atoms with Crippen molar-refractivity contribution in [1.82, 2.24) is 19.4 Å². The Hall–Kier alpha value is -2.31. The molecule has 2 aromatic heterocycles. The summed E-state index contributed by atoms with van der Waals surface area (Å²) in [6.45, 7) is 0.118. The van der Waals surface area contributed by atoms with Gasteiger partial charge in [-0.3, -0.25) is 4.79 Å². The Bertz CT molecular complexity index is 628. The van der Waals surface area contributed by atoms with Crippen LogP contribution in [-0.4, -0.2) is 37.7 Å². The molecular formula is C10H12N4O3. The number of aryl methyl sites for hydroxylation is 1. The molecule has 0 aromatic carbocycles. The molecular weight excluding hydrogens is 224 g/mol. The number of hydrogen-bond donors (Lipinski definition) is 2. The van der Waals surface area contributed by atoms with Crippen LogP contribution in [0.1, 0.15) is 5.82 Å². The number of aromatic amines is 1. The molecule has 0 unspecified atom stereocenters. The molecule has 0 bridgehead atoms. The summed E-state index contributed by atoms with van der Waals surface area (Å²) in [5.74, 6) is 0.452. The molecule has 0 spiro atoms. The van der Waals surface area contributed by atoms with Crippen LogP contribution >= 0.6 is 0 Å². The van der Waals surface area contributed by atoms with Crippen LogP contribution < -0.4 is 5.56 Å². The fourth-order valence-corrected chi connectivity index (χ4v) is 1.51. The molecule has 0 aliphatic carbocycles. The van der Waals surface area contributed by atoms with E-state index in [1.165, 1.54) is 11.6 Å². The predicted octanol–water partition coefficient (Wildman–Crippen LogP) is 0.371. The normalized spacial score (nSPS) is 10.7. The summed E-state index contributed by atoms with van der Waals surface area (Å²) in [5, 5.41) is 8.74. The second kappa shape index (κ2) is 3.93. The van der Waals surface area contributed by atoms with Gasteiger partial charge in [0.25, 0.3) is 5.56 Å². The highest BCUT2D eigenvalue weighted by molar-refractivity contribution is 5.73. The van der Waals surface area contributed by atoms with Crippen molar-refractivity contribution in [2.45, 2.75) is 6.54 Å². The first-order valence-corrected chi connectivity index (χ1v) is 4.97. The van der Waals surface area contributed by atoms with E-state index in [1.54, 1.807) is 19.3 Å². The van der Waals surface area contributed by atoms with Gasteiger partial charge >= 0.3 is 6.09 Å². The molecule has 2 rings (SSSR count). The number of pyridine rings is 1. The standard InChI is InChI=1S/C10H12N4O3/c1-13-4-3-6-8(9(13)15)12-7(11-6)5-14(2)10(16)17/h3-4H,5H2,1-2H3,(H,11,12)(H,16,17). The van der Waals surface area contributed by atoms with Gasteiger partial charge in [-0.05, 0) is 6.07 Å². The Morgan fingerprint density at radius 3 is 3.00 bits per heavy atom. The van der Waals surface area contributed by atoms with E-state index in [4.69, 9.17) is 5.11 Å². The molecule has 0 radical (unpaired) electrons.